The number of carbonyl (C=O) groups is 1. The Hall–Kier alpha value is -3.15. The van der Waals surface area contributed by atoms with Gasteiger partial charge in [-0.1, -0.05) is 38.5 Å². The van der Waals surface area contributed by atoms with Crippen molar-refractivity contribution < 1.29 is 9.53 Å². The van der Waals surface area contributed by atoms with Crippen LogP contribution in [0.4, 0.5) is 5.69 Å². The van der Waals surface area contributed by atoms with Gasteiger partial charge in [0.05, 0.1) is 6.61 Å². The fraction of sp³-hybridized carbons (Fsp3) is 0.375. The van der Waals surface area contributed by atoms with Crippen LogP contribution in [0.2, 0.25) is 0 Å². The number of nitrogens with zero attached hydrogens (tertiary/aromatic N) is 3. The Morgan fingerprint density at radius 2 is 1.97 bits per heavy atom. The summed E-state index contributed by atoms with van der Waals surface area (Å²) in [6.45, 7) is 5.75. The molecule has 30 heavy (non-hydrogen) atoms. The molecule has 0 bridgehead atoms. The van der Waals surface area contributed by atoms with Gasteiger partial charge in [-0.2, -0.15) is 0 Å². The van der Waals surface area contributed by atoms with Crippen LogP contribution in [0.15, 0.2) is 48.5 Å². The third-order valence-electron chi connectivity index (χ3n) is 5.17. The van der Waals surface area contributed by atoms with E-state index < -0.39 is 0 Å². The van der Waals surface area contributed by atoms with Gasteiger partial charge in [-0.3, -0.25) is 4.79 Å². The number of nitrogens with one attached hydrogen (secondary N) is 1. The van der Waals surface area contributed by atoms with E-state index in [2.05, 4.69) is 33.9 Å². The molecule has 1 amide bonds. The number of aryl methyl sites for hydroxylation is 1. The first kappa shape index (κ1) is 20.1. The van der Waals surface area contributed by atoms with Crippen molar-refractivity contribution in [3.63, 3.8) is 0 Å². The highest BCUT2D eigenvalue weighted by Gasteiger charge is 2.16. The van der Waals surface area contributed by atoms with Gasteiger partial charge in [-0.05, 0) is 49.1 Å². The third kappa shape index (κ3) is 4.70. The molecule has 4 rings (SSSR count). The molecule has 1 aliphatic heterocycles. The monoisotopic (exact) mass is 404 g/mol. The van der Waals surface area contributed by atoms with Gasteiger partial charge >= 0.3 is 0 Å². The molecule has 0 saturated heterocycles. The number of ether oxygens (including phenoxy) is 1. The summed E-state index contributed by atoms with van der Waals surface area (Å²) in [6, 6.07) is 15.1. The van der Waals surface area contributed by atoms with Crippen LogP contribution in [-0.2, 0) is 13.0 Å². The van der Waals surface area contributed by atoms with E-state index in [9.17, 15) is 4.79 Å². The number of aromatic nitrogens is 3. The lowest BCUT2D eigenvalue weighted by Crippen LogP contribution is -2.12. The maximum absolute atomic E-state index is 12.8. The quantitative estimate of drug-likeness (QED) is 0.630. The molecule has 3 aromatic rings. The molecule has 1 aromatic heterocycles. The molecular formula is C24H28N4O2. The standard InChI is InChI=1S/C24H28N4O2/c1-17(2)16-30-21-11-7-9-19(15-21)24(29)25-20-10-6-8-18(14-20)23-27-26-22-12-4-3-5-13-28(22)23/h6-11,14-15,17H,3-5,12-13,16H2,1-2H3,(H,25,29). The molecule has 0 radical (unpaired) electrons. The molecule has 1 N–H and O–H groups in total. The first-order valence-corrected chi connectivity index (χ1v) is 10.7. The predicted octanol–water partition coefficient (Wildman–Crippen LogP) is 4.96. The molecule has 156 valence electrons. The molecule has 0 atom stereocenters. The van der Waals surface area contributed by atoms with Gasteiger partial charge in [-0.25, -0.2) is 0 Å². The minimum Gasteiger partial charge on any atom is -0.493 e. The second-order valence-electron chi connectivity index (χ2n) is 8.17. The zero-order valence-corrected chi connectivity index (χ0v) is 17.6. The van der Waals surface area contributed by atoms with Crippen LogP contribution in [0.25, 0.3) is 11.4 Å². The molecule has 6 heteroatoms. The summed E-state index contributed by atoms with van der Waals surface area (Å²) in [5, 5.41) is 11.8. The minimum absolute atomic E-state index is 0.165. The average Bonchev–Trinajstić information content (AvgIpc) is 3.01. The van der Waals surface area contributed by atoms with E-state index in [1.165, 1.54) is 6.42 Å². The van der Waals surface area contributed by atoms with Crippen molar-refractivity contribution >= 4 is 11.6 Å². The SMILES string of the molecule is CC(C)COc1cccc(C(=O)Nc2cccc(-c3nnc4n3CCCCC4)c2)c1. The summed E-state index contributed by atoms with van der Waals surface area (Å²) >= 11 is 0. The zero-order valence-electron chi connectivity index (χ0n) is 17.6. The van der Waals surface area contributed by atoms with Crippen LogP contribution in [-0.4, -0.2) is 27.3 Å². The van der Waals surface area contributed by atoms with Gasteiger partial charge in [0.1, 0.15) is 11.6 Å². The first-order chi connectivity index (χ1) is 14.6. The highest BCUT2D eigenvalue weighted by atomic mass is 16.5. The number of hydrogen-bond acceptors (Lipinski definition) is 4. The molecular weight excluding hydrogens is 376 g/mol. The van der Waals surface area contributed by atoms with Crippen LogP contribution in [0.1, 0.15) is 49.3 Å². The second kappa shape index (κ2) is 9.11. The fourth-order valence-corrected chi connectivity index (χ4v) is 3.63. The maximum atomic E-state index is 12.8. The van der Waals surface area contributed by atoms with E-state index in [1.54, 1.807) is 12.1 Å². The smallest absolute Gasteiger partial charge is 0.255 e. The predicted molar refractivity (Wildman–Crippen MR) is 118 cm³/mol. The average molecular weight is 405 g/mol. The van der Waals surface area contributed by atoms with E-state index in [4.69, 9.17) is 4.74 Å². The van der Waals surface area contributed by atoms with Gasteiger partial charge in [0.2, 0.25) is 0 Å². The van der Waals surface area contributed by atoms with E-state index in [0.29, 0.717) is 23.8 Å². The van der Waals surface area contributed by atoms with Gasteiger partial charge in [-0.15, -0.1) is 10.2 Å². The Labute approximate surface area is 177 Å². The van der Waals surface area contributed by atoms with Crippen molar-refractivity contribution in [1.82, 2.24) is 14.8 Å². The molecule has 2 aromatic carbocycles. The van der Waals surface area contributed by atoms with Crippen molar-refractivity contribution in [1.29, 1.82) is 0 Å². The van der Waals surface area contributed by atoms with Crippen molar-refractivity contribution in [3.05, 3.63) is 59.9 Å². The Kier molecular flexibility index (Phi) is 6.12. The van der Waals surface area contributed by atoms with E-state index in [-0.39, 0.29) is 5.91 Å². The van der Waals surface area contributed by atoms with Crippen LogP contribution >= 0.6 is 0 Å². The first-order valence-electron chi connectivity index (χ1n) is 10.7. The fourth-order valence-electron chi connectivity index (χ4n) is 3.63. The normalized spacial score (nSPS) is 13.6. The highest BCUT2D eigenvalue weighted by Crippen LogP contribution is 2.25. The summed E-state index contributed by atoms with van der Waals surface area (Å²) in [4.78, 5) is 12.8. The van der Waals surface area contributed by atoms with Crippen LogP contribution in [0.5, 0.6) is 5.75 Å². The molecule has 0 aliphatic carbocycles. The largest absolute Gasteiger partial charge is 0.493 e. The molecule has 0 saturated carbocycles. The summed E-state index contributed by atoms with van der Waals surface area (Å²) in [5.41, 5.74) is 2.26. The number of carbonyl (C=O) groups excluding carboxylic acids is 1. The molecule has 1 aliphatic rings. The lowest BCUT2D eigenvalue weighted by Gasteiger charge is -2.11. The van der Waals surface area contributed by atoms with Gasteiger partial charge in [0.15, 0.2) is 5.82 Å². The molecule has 2 heterocycles. The zero-order chi connectivity index (χ0) is 20.9. The minimum atomic E-state index is -0.165. The number of amides is 1. The topological polar surface area (TPSA) is 69.0 Å². The molecule has 0 spiro atoms. The van der Waals surface area contributed by atoms with Gasteiger partial charge in [0.25, 0.3) is 5.91 Å². The lowest BCUT2D eigenvalue weighted by atomic mass is 10.1. The van der Waals surface area contributed by atoms with Crippen molar-refractivity contribution in [2.75, 3.05) is 11.9 Å². The second-order valence-corrected chi connectivity index (χ2v) is 8.17. The van der Waals surface area contributed by atoms with Gasteiger partial charge in [0, 0.05) is 29.8 Å². The number of hydrogen-bond donors (Lipinski definition) is 1. The van der Waals surface area contributed by atoms with Crippen molar-refractivity contribution in [2.45, 2.75) is 46.1 Å². The van der Waals surface area contributed by atoms with Crippen LogP contribution in [0.3, 0.4) is 0 Å². The van der Waals surface area contributed by atoms with Crippen LogP contribution < -0.4 is 10.1 Å². The Balaban J connectivity index is 1.51. The molecule has 0 unspecified atom stereocenters. The van der Waals surface area contributed by atoms with E-state index in [1.807, 2.05) is 36.4 Å². The Morgan fingerprint density at radius 1 is 1.10 bits per heavy atom. The third-order valence-corrected chi connectivity index (χ3v) is 5.17. The number of benzene rings is 2. The Bertz CT molecular complexity index is 1030. The van der Waals surface area contributed by atoms with Crippen molar-refractivity contribution in [3.8, 4) is 17.1 Å². The van der Waals surface area contributed by atoms with Crippen LogP contribution in [0, 0.1) is 5.92 Å². The van der Waals surface area contributed by atoms with E-state index >= 15 is 0 Å². The number of rotatable bonds is 6. The summed E-state index contributed by atoms with van der Waals surface area (Å²) in [6.07, 6.45) is 4.50. The lowest BCUT2D eigenvalue weighted by molar-refractivity contribution is 0.102. The van der Waals surface area contributed by atoms with E-state index in [0.717, 1.165) is 48.7 Å². The summed E-state index contributed by atoms with van der Waals surface area (Å²) in [5.74, 6) is 2.89. The maximum Gasteiger partial charge on any atom is 0.255 e. The number of anilines is 1. The highest BCUT2D eigenvalue weighted by molar-refractivity contribution is 6.04. The molecule has 6 nitrogen and oxygen atoms in total. The Morgan fingerprint density at radius 3 is 2.83 bits per heavy atom. The summed E-state index contributed by atoms with van der Waals surface area (Å²) < 4.78 is 7.95. The van der Waals surface area contributed by atoms with Gasteiger partial charge < -0.3 is 14.6 Å². The summed E-state index contributed by atoms with van der Waals surface area (Å²) in [7, 11) is 0. The number of fused-ring (bicyclic) bond motifs is 1. The molecule has 0 fully saturated rings. The van der Waals surface area contributed by atoms with Crippen molar-refractivity contribution in [2.24, 2.45) is 5.92 Å².